The Balaban J connectivity index is 2.13. The molecular formula is C10H12N4O. The Kier molecular flexibility index (Phi) is 1.85. The predicted molar refractivity (Wildman–Crippen MR) is 54.2 cm³/mol. The second-order valence-electron chi connectivity index (χ2n) is 3.65. The number of aromatic nitrogens is 3. The molecule has 5 nitrogen and oxygen atoms in total. The van der Waals surface area contributed by atoms with Crippen LogP contribution in [0.1, 0.15) is 11.5 Å². The maximum atomic E-state index is 5.38. The molecule has 0 aromatic carbocycles. The van der Waals surface area contributed by atoms with Gasteiger partial charge in [-0.15, -0.1) is 0 Å². The highest BCUT2D eigenvalue weighted by Crippen LogP contribution is 2.24. The van der Waals surface area contributed by atoms with Gasteiger partial charge in [-0.05, 0) is 6.92 Å². The van der Waals surface area contributed by atoms with E-state index in [-0.39, 0.29) is 0 Å². The van der Waals surface area contributed by atoms with Crippen molar-refractivity contribution in [3.63, 3.8) is 0 Å². The summed E-state index contributed by atoms with van der Waals surface area (Å²) in [5.74, 6) is 1.89. The molecule has 15 heavy (non-hydrogen) atoms. The van der Waals surface area contributed by atoms with Gasteiger partial charge >= 0.3 is 0 Å². The lowest BCUT2D eigenvalue weighted by Gasteiger charge is -2.16. The molecule has 1 aliphatic rings. The molecule has 0 unspecified atom stereocenters. The van der Waals surface area contributed by atoms with E-state index in [1.807, 2.05) is 13.1 Å². The van der Waals surface area contributed by atoms with Crippen LogP contribution in [0.3, 0.4) is 0 Å². The summed E-state index contributed by atoms with van der Waals surface area (Å²) in [4.78, 5) is 8.46. The maximum Gasteiger partial charge on any atom is 0.181 e. The van der Waals surface area contributed by atoms with Crippen LogP contribution in [0.25, 0.3) is 11.5 Å². The normalized spacial score (nSPS) is 15.3. The van der Waals surface area contributed by atoms with Crippen LogP contribution in [0.5, 0.6) is 0 Å². The van der Waals surface area contributed by atoms with Crippen molar-refractivity contribution < 1.29 is 4.42 Å². The van der Waals surface area contributed by atoms with Crippen LogP contribution in [0, 0.1) is 6.92 Å². The van der Waals surface area contributed by atoms with E-state index in [1.165, 1.54) is 6.39 Å². The van der Waals surface area contributed by atoms with Crippen molar-refractivity contribution in [1.82, 2.24) is 19.9 Å². The van der Waals surface area contributed by atoms with Gasteiger partial charge in [0.1, 0.15) is 11.5 Å². The van der Waals surface area contributed by atoms with Gasteiger partial charge in [-0.1, -0.05) is 0 Å². The number of rotatable bonds is 1. The van der Waals surface area contributed by atoms with E-state index in [4.69, 9.17) is 4.42 Å². The second kappa shape index (κ2) is 3.20. The summed E-state index contributed by atoms with van der Waals surface area (Å²) in [5, 5.41) is 3.28. The molecule has 0 amide bonds. The third-order valence-electron chi connectivity index (χ3n) is 2.71. The quantitative estimate of drug-likeness (QED) is 0.751. The SMILES string of the molecule is Cc1ncoc1-c1cnc2n1CCNC2. The van der Waals surface area contributed by atoms with Gasteiger partial charge in [-0.2, -0.15) is 0 Å². The molecule has 2 aromatic heterocycles. The lowest BCUT2D eigenvalue weighted by Crippen LogP contribution is -2.28. The van der Waals surface area contributed by atoms with E-state index >= 15 is 0 Å². The lowest BCUT2D eigenvalue weighted by molar-refractivity contribution is 0.499. The van der Waals surface area contributed by atoms with Crippen molar-refractivity contribution in [2.24, 2.45) is 0 Å². The second-order valence-corrected chi connectivity index (χ2v) is 3.65. The largest absolute Gasteiger partial charge is 0.442 e. The fourth-order valence-electron chi connectivity index (χ4n) is 1.92. The van der Waals surface area contributed by atoms with E-state index in [0.717, 1.165) is 42.6 Å². The Bertz CT molecular complexity index is 485. The lowest BCUT2D eigenvalue weighted by atomic mass is 10.3. The third kappa shape index (κ3) is 1.27. The molecule has 1 aliphatic heterocycles. The molecule has 0 bridgehead atoms. The zero-order valence-corrected chi connectivity index (χ0v) is 8.53. The van der Waals surface area contributed by atoms with Gasteiger partial charge in [-0.25, -0.2) is 9.97 Å². The molecule has 0 radical (unpaired) electrons. The third-order valence-corrected chi connectivity index (χ3v) is 2.71. The molecular weight excluding hydrogens is 192 g/mol. The molecule has 0 spiro atoms. The average Bonchev–Trinajstić information content (AvgIpc) is 2.83. The van der Waals surface area contributed by atoms with Gasteiger partial charge in [0.15, 0.2) is 12.2 Å². The number of imidazole rings is 1. The van der Waals surface area contributed by atoms with Gasteiger partial charge in [-0.3, -0.25) is 0 Å². The summed E-state index contributed by atoms with van der Waals surface area (Å²) in [7, 11) is 0. The summed E-state index contributed by atoms with van der Waals surface area (Å²) in [6.07, 6.45) is 3.33. The van der Waals surface area contributed by atoms with Crippen LogP contribution >= 0.6 is 0 Å². The maximum absolute atomic E-state index is 5.38. The highest BCUT2D eigenvalue weighted by atomic mass is 16.3. The Hall–Kier alpha value is -1.62. The molecule has 0 fully saturated rings. The first-order valence-electron chi connectivity index (χ1n) is 5.02. The van der Waals surface area contributed by atoms with E-state index in [1.54, 1.807) is 0 Å². The number of fused-ring (bicyclic) bond motifs is 1. The first-order valence-corrected chi connectivity index (χ1v) is 5.02. The average molecular weight is 204 g/mol. The van der Waals surface area contributed by atoms with Crippen molar-refractivity contribution in [1.29, 1.82) is 0 Å². The van der Waals surface area contributed by atoms with Gasteiger partial charge in [0.05, 0.1) is 18.4 Å². The fraction of sp³-hybridized carbons (Fsp3) is 0.400. The molecule has 0 saturated carbocycles. The molecule has 0 saturated heterocycles. The summed E-state index contributed by atoms with van der Waals surface area (Å²) >= 11 is 0. The predicted octanol–water partition coefficient (Wildman–Crippen LogP) is 0.950. The van der Waals surface area contributed by atoms with Gasteiger partial charge in [0, 0.05) is 13.1 Å². The van der Waals surface area contributed by atoms with Gasteiger partial charge < -0.3 is 14.3 Å². The van der Waals surface area contributed by atoms with E-state index < -0.39 is 0 Å². The Labute approximate surface area is 87.1 Å². The number of aryl methyl sites for hydroxylation is 1. The van der Waals surface area contributed by atoms with Gasteiger partial charge in [0.2, 0.25) is 0 Å². The topological polar surface area (TPSA) is 55.9 Å². The minimum atomic E-state index is 0.827. The van der Waals surface area contributed by atoms with Crippen LogP contribution in [0.2, 0.25) is 0 Å². The van der Waals surface area contributed by atoms with Gasteiger partial charge in [0.25, 0.3) is 0 Å². The first kappa shape index (κ1) is 8.67. The molecule has 3 heterocycles. The summed E-state index contributed by atoms with van der Waals surface area (Å²) in [6.45, 7) is 4.68. The monoisotopic (exact) mass is 204 g/mol. The molecule has 0 atom stereocenters. The number of oxazole rings is 1. The van der Waals surface area contributed by atoms with Crippen LogP contribution in [0.15, 0.2) is 17.0 Å². The van der Waals surface area contributed by atoms with Crippen molar-refractivity contribution in [2.75, 3.05) is 6.54 Å². The molecule has 78 valence electrons. The summed E-state index contributed by atoms with van der Waals surface area (Å²) < 4.78 is 7.57. The van der Waals surface area contributed by atoms with Crippen molar-refractivity contribution in [2.45, 2.75) is 20.0 Å². The number of nitrogens with one attached hydrogen (secondary N) is 1. The number of hydrogen-bond acceptors (Lipinski definition) is 4. The van der Waals surface area contributed by atoms with Crippen molar-refractivity contribution in [3.05, 3.63) is 24.1 Å². The fourth-order valence-corrected chi connectivity index (χ4v) is 1.92. The van der Waals surface area contributed by atoms with E-state index in [0.29, 0.717) is 0 Å². The molecule has 5 heteroatoms. The Morgan fingerprint density at radius 3 is 3.20 bits per heavy atom. The first-order chi connectivity index (χ1) is 7.36. The number of hydrogen-bond donors (Lipinski definition) is 1. The number of nitrogens with zero attached hydrogens (tertiary/aromatic N) is 3. The zero-order chi connectivity index (χ0) is 10.3. The van der Waals surface area contributed by atoms with Crippen molar-refractivity contribution >= 4 is 0 Å². The van der Waals surface area contributed by atoms with Crippen LogP contribution in [-0.2, 0) is 13.1 Å². The zero-order valence-electron chi connectivity index (χ0n) is 8.53. The Morgan fingerprint density at radius 1 is 1.47 bits per heavy atom. The molecule has 1 N–H and O–H groups in total. The standard InChI is InChI=1S/C10H12N4O/c1-7-10(15-6-13-7)8-4-12-9-5-11-2-3-14(8)9/h4,6,11H,2-3,5H2,1H3. The smallest absolute Gasteiger partial charge is 0.181 e. The molecule has 2 aromatic rings. The summed E-state index contributed by atoms with van der Waals surface area (Å²) in [5.41, 5.74) is 1.94. The highest BCUT2D eigenvalue weighted by molar-refractivity contribution is 5.54. The van der Waals surface area contributed by atoms with E-state index in [2.05, 4.69) is 19.9 Å². The van der Waals surface area contributed by atoms with Crippen molar-refractivity contribution in [3.8, 4) is 11.5 Å². The minimum Gasteiger partial charge on any atom is -0.442 e. The Morgan fingerprint density at radius 2 is 2.40 bits per heavy atom. The molecule has 0 aliphatic carbocycles. The molecule has 3 rings (SSSR count). The minimum absolute atomic E-state index is 0.827. The summed E-state index contributed by atoms with van der Waals surface area (Å²) in [6, 6.07) is 0. The van der Waals surface area contributed by atoms with Crippen LogP contribution in [-0.4, -0.2) is 21.1 Å². The van der Waals surface area contributed by atoms with Crippen LogP contribution in [0.4, 0.5) is 0 Å². The van der Waals surface area contributed by atoms with Crippen LogP contribution < -0.4 is 5.32 Å². The van der Waals surface area contributed by atoms with E-state index in [9.17, 15) is 0 Å². The highest BCUT2D eigenvalue weighted by Gasteiger charge is 2.18.